The Kier molecular flexibility index (Phi) is 3.58. The monoisotopic (exact) mass is 279 g/mol. The lowest BCUT2D eigenvalue weighted by molar-refractivity contribution is 0.0668. The van der Waals surface area contributed by atoms with E-state index in [1.54, 1.807) is 5.51 Å². The van der Waals surface area contributed by atoms with E-state index in [9.17, 15) is 4.79 Å². The van der Waals surface area contributed by atoms with Crippen LogP contribution in [0.3, 0.4) is 0 Å². The Bertz CT molecular complexity index is 473. The van der Waals surface area contributed by atoms with Crippen molar-refractivity contribution in [1.82, 2.24) is 14.8 Å². The molecule has 2 saturated heterocycles. The first-order valence-electron chi connectivity index (χ1n) is 7.10. The molecule has 1 aromatic rings. The number of hydrogen-bond acceptors (Lipinski definition) is 4. The van der Waals surface area contributed by atoms with Gasteiger partial charge in [0.2, 0.25) is 0 Å². The molecule has 4 nitrogen and oxygen atoms in total. The minimum atomic E-state index is 0.197. The predicted octanol–water partition coefficient (Wildman–Crippen LogP) is 2.15. The summed E-state index contributed by atoms with van der Waals surface area (Å²) in [6.07, 6.45) is 4.78. The summed E-state index contributed by atoms with van der Waals surface area (Å²) in [6.45, 7) is 4.00. The Balaban J connectivity index is 1.80. The van der Waals surface area contributed by atoms with Gasteiger partial charge in [0.1, 0.15) is 4.88 Å². The summed E-state index contributed by atoms with van der Waals surface area (Å²) in [5, 5.41) is 0. The Morgan fingerprint density at radius 1 is 1.32 bits per heavy atom. The molecular formula is C14H21N3OS. The number of amides is 1. The van der Waals surface area contributed by atoms with Crippen molar-refractivity contribution in [2.24, 2.45) is 0 Å². The maximum atomic E-state index is 12.7. The Morgan fingerprint density at radius 3 is 2.68 bits per heavy atom. The van der Waals surface area contributed by atoms with E-state index >= 15 is 0 Å². The molecule has 0 unspecified atom stereocenters. The first kappa shape index (κ1) is 13.1. The number of likely N-dealkylation sites (tertiary alicyclic amines) is 2. The number of likely N-dealkylation sites (N-methyl/N-ethyl adjacent to an activating group) is 1. The molecule has 104 valence electrons. The summed E-state index contributed by atoms with van der Waals surface area (Å²) in [5.74, 6) is 0.197. The van der Waals surface area contributed by atoms with Crippen molar-refractivity contribution in [3.05, 3.63) is 16.1 Å². The Morgan fingerprint density at radius 2 is 2.05 bits per heavy atom. The molecule has 1 amide bonds. The summed E-state index contributed by atoms with van der Waals surface area (Å²) >= 11 is 1.47. The first-order valence-corrected chi connectivity index (χ1v) is 7.97. The van der Waals surface area contributed by atoms with Crippen LogP contribution >= 0.6 is 11.3 Å². The Hall–Kier alpha value is -0.940. The number of carbonyl (C=O) groups excluding carboxylic acids is 1. The highest BCUT2D eigenvalue weighted by atomic mass is 32.1. The fourth-order valence-electron chi connectivity index (χ4n) is 3.50. The normalized spacial score (nSPS) is 28.2. The molecule has 3 rings (SSSR count). The van der Waals surface area contributed by atoms with Gasteiger partial charge in [0.15, 0.2) is 0 Å². The van der Waals surface area contributed by atoms with Gasteiger partial charge in [-0.15, -0.1) is 11.3 Å². The molecule has 3 heterocycles. The first-order chi connectivity index (χ1) is 9.18. The summed E-state index contributed by atoms with van der Waals surface area (Å²) in [4.78, 5) is 22.2. The highest BCUT2D eigenvalue weighted by Crippen LogP contribution is 2.31. The van der Waals surface area contributed by atoms with E-state index in [0.717, 1.165) is 30.0 Å². The lowest BCUT2D eigenvalue weighted by Gasteiger charge is -2.33. The molecule has 0 spiro atoms. The van der Waals surface area contributed by atoms with E-state index in [4.69, 9.17) is 0 Å². The van der Waals surface area contributed by atoms with Gasteiger partial charge in [0.25, 0.3) is 5.91 Å². The number of nitrogens with zero attached hydrogens (tertiary/aromatic N) is 3. The number of aromatic nitrogens is 1. The molecule has 0 saturated carbocycles. The van der Waals surface area contributed by atoms with Crippen LogP contribution in [0.25, 0.3) is 0 Å². The SMILES string of the molecule is Cc1ncsc1C(=O)N1CCC[C@@H]1[C@@H]1CCCN1C. The third kappa shape index (κ3) is 2.30. The highest BCUT2D eigenvalue weighted by molar-refractivity contribution is 7.11. The number of thiazole rings is 1. The zero-order valence-electron chi connectivity index (χ0n) is 11.6. The van der Waals surface area contributed by atoms with Crippen molar-refractivity contribution >= 4 is 17.2 Å². The van der Waals surface area contributed by atoms with Crippen LogP contribution in [0.2, 0.25) is 0 Å². The van der Waals surface area contributed by atoms with Crippen LogP contribution in [-0.2, 0) is 0 Å². The molecule has 0 bridgehead atoms. The lowest BCUT2D eigenvalue weighted by atomic mass is 10.0. The smallest absolute Gasteiger partial charge is 0.266 e. The topological polar surface area (TPSA) is 36.4 Å². The number of rotatable bonds is 2. The minimum Gasteiger partial charge on any atom is -0.333 e. The summed E-state index contributed by atoms with van der Waals surface area (Å²) in [5.41, 5.74) is 2.65. The summed E-state index contributed by atoms with van der Waals surface area (Å²) < 4.78 is 0. The second kappa shape index (κ2) is 5.21. The minimum absolute atomic E-state index is 0.197. The number of carbonyl (C=O) groups is 1. The third-order valence-electron chi connectivity index (χ3n) is 4.52. The van der Waals surface area contributed by atoms with Crippen LogP contribution in [0.4, 0.5) is 0 Å². The van der Waals surface area contributed by atoms with E-state index in [1.807, 2.05) is 6.92 Å². The fourth-order valence-corrected chi connectivity index (χ4v) is 4.26. The van der Waals surface area contributed by atoms with Gasteiger partial charge in [-0.1, -0.05) is 0 Å². The number of hydrogen-bond donors (Lipinski definition) is 0. The van der Waals surface area contributed by atoms with E-state index in [-0.39, 0.29) is 5.91 Å². The molecule has 0 aromatic carbocycles. The zero-order valence-corrected chi connectivity index (χ0v) is 12.4. The van der Waals surface area contributed by atoms with E-state index in [2.05, 4.69) is 21.8 Å². The molecule has 2 aliphatic rings. The van der Waals surface area contributed by atoms with E-state index in [1.165, 1.54) is 30.7 Å². The highest BCUT2D eigenvalue weighted by Gasteiger charge is 2.39. The van der Waals surface area contributed by atoms with Crippen LogP contribution < -0.4 is 0 Å². The van der Waals surface area contributed by atoms with Crippen molar-refractivity contribution in [1.29, 1.82) is 0 Å². The second-order valence-corrected chi connectivity index (χ2v) is 6.52. The molecule has 5 heteroatoms. The standard InChI is InChI=1S/C14H21N3OS/c1-10-13(19-9-15-10)14(18)17-8-4-6-12(17)11-5-3-7-16(11)2/h9,11-12H,3-8H2,1-2H3/t11-,12+/m0/s1. The lowest BCUT2D eigenvalue weighted by Crippen LogP contribution is -2.47. The van der Waals surface area contributed by atoms with Gasteiger partial charge in [-0.2, -0.15) is 0 Å². The van der Waals surface area contributed by atoms with E-state index < -0.39 is 0 Å². The van der Waals surface area contributed by atoms with Crippen LogP contribution in [0.15, 0.2) is 5.51 Å². The average molecular weight is 279 g/mol. The number of aryl methyl sites for hydroxylation is 1. The quantitative estimate of drug-likeness (QED) is 0.832. The van der Waals surface area contributed by atoms with Crippen molar-refractivity contribution < 1.29 is 4.79 Å². The molecule has 1 aromatic heterocycles. The molecular weight excluding hydrogens is 258 g/mol. The fraction of sp³-hybridized carbons (Fsp3) is 0.714. The van der Waals surface area contributed by atoms with Gasteiger partial charge >= 0.3 is 0 Å². The molecule has 2 atom stereocenters. The van der Waals surface area contributed by atoms with Gasteiger partial charge in [0.05, 0.1) is 11.2 Å². The van der Waals surface area contributed by atoms with Gasteiger partial charge in [-0.3, -0.25) is 4.79 Å². The summed E-state index contributed by atoms with van der Waals surface area (Å²) in [6, 6.07) is 0.959. The van der Waals surface area contributed by atoms with Gasteiger partial charge in [-0.25, -0.2) is 4.98 Å². The Labute approximate surface area is 118 Å². The molecule has 0 N–H and O–H groups in total. The van der Waals surface area contributed by atoms with Crippen molar-refractivity contribution in [2.75, 3.05) is 20.1 Å². The van der Waals surface area contributed by atoms with Crippen LogP contribution in [0.5, 0.6) is 0 Å². The van der Waals surface area contributed by atoms with E-state index in [0.29, 0.717) is 12.1 Å². The van der Waals surface area contributed by atoms with Crippen molar-refractivity contribution in [2.45, 2.75) is 44.7 Å². The van der Waals surface area contributed by atoms with Crippen LogP contribution in [-0.4, -0.2) is 52.9 Å². The van der Waals surface area contributed by atoms with Crippen LogP contribution in [0, 0.1) is 6.92 Å². The second-order valence-electron chi connectivity index (χ2n) is 5.67. The zero-order chi connectivity index (χ0) is 13.4. The third-order valence-corrected chi connectivity index (χ3v) is 5.44. The average Bonchev–Trinajstić information content (AvgIpc) is 3.07. The van der Waals surface area contributed by atoms with Crippen molar-refractivity contribution in [3.63, 3.8) is 0 Å². The largest absolute Gasteiger partial charge is 0.333 e. The molecule has 19 heavy (non-hydrogen) atoms. The van der Waals surface area contributed by atoms with Gasteiger partial charge in [-0.05, 0) is 46.2 Å². The molecule has 0 aliphatic carbocycles. The molecule has 2 aliphatic heterocycles. The maximum absolute atomic E-state index is 12.7. The van der Waals surface area contributed by atoms with Crippen LogP contribution in [0.1, 0.15) is 41.0 Å². The molecule has 0 radical (unpaired) electrons. The molecule has 2 fully saturated rings. The van der Waals surface area contributed by atoms with Gasteiger partial charge in [0, 0.05) is 18.6 Å². The van der Waals surface area contributed by atoms with Crippen molar-refractivity contribution in [3.8, 4) is 0 Å². The summed E-state index contributed by atoms with van der Waals surface area (Å²) in [7, 11) is 2.19. The van der Waals surface area contributed by atoms with Gasteiger partial charge < -0.3 is 9.80 Å². The predicted molar refractivity (Wildman–Crippen MR) is 76.6 cm³/mol. The maximum Gasteiger partial charge on any atom is 0.266 e.